The van der Waals surface area contributed by atoms with Crippen molar-refractivity contribution >= 4 is 11.6 Å². The number of nitrogens with two attached hydrogens (primary N) is 1. The van der Waals surface area contributed by atoms with E-state index in [-0.39, 0.29) is 5.82 Å². The molecular weight excluding hydrogens is 198 g/mol. The zero-order valence-electron chi connectivity index (χ0n) is 7.40. The minimum absolute atomic E-state index is 0.158. The van der Waals surface area contributed by atoms with Gasteiger partial charge in [-0.1, -0.05) is 0 Å². The van der Waals surface area contributed by atoms with Crippen LogP contribution >= 0.6 is 0 Å². The predicted octanol–water partition coefficient (Wildman–Crippen LogP) is -0.244. The predicted molar refractivity (Wildman–Crippen MR) is 48.5 cm³/mol. The summed E-state index contributed by atoms with van der Waals surface area (Å²) in [7, 11) is 0. The maximum Gasteiger partial charge on any atom is 0.252 e. The van der Waals surface area contributed by atoms with E-state index in [9.17, 15) is 0 Å². The highest BCUT2D eigenvalue weighted by Gasteiger charge is 2.14. The molecule has 0 aliphatic heterocycles. The molecule has 15 heavy (non-hydrogen) atoms. The smallest absolute Gasteiger partial charge is 0.252 e. The summed E-state index contributed by atoms with van der Waals surface area (Å²) in [6.07, 6.45) is 3.35. The quantitative estimate of drug-likeness (QED) is 0.581. The van der Waals surface area contributed by atoms with Gasteiger partial charge in [0.25, 0.3) is 5.78 Å². The molecule has 0 amide bonds. The van der Waals surface area contributed by atoms with Crippen LogP contribution < -0.4 is 5.73 Å². The molecule has 0 atom stereocenters. The van der Waals surface area contributed by atoms with Crippen LogP contribution in [0.5, 0.6) is 0 Å². The number of anilines is 1. The number of hydrogen-bond acceptors (Lipinski definition) is 7. The minimum atomic E-state index is 0.158. The summed E-state index contributed by atoms with van der Waals surface area (Å²) in [5.74, 6) is 0.966. The molecule has 0 unspecified atom stereocenters. The van der Waals surface area contributed by atoms with E-state index in [0.717, 1.165) is 0 Å². The lowest BCUT2D eigenvalue weighted by molar-refractivity contribution is 0.310. The van der Waals surface area contributed by atoms with Gasteiger partial charge in [-0.25, -0.2) is 14.1 Å². The number of nitrogen functional groups attached to an aromatic ring is 1. The van der Waals surface area contributed by atoms with Crippen molar-refractivity contribution in [1.82, 2.24) is 29.9 Å². The molecule has 3 rings (SSSR count). The second-order valence-corrected chi connectivity index (χ2v) is 2.80. The average molecular weight is 203 g/mol. The molecule has 0 bridgehead atoms. The lowest BCUT2D eigenvalue weighted by atomic mass is 10.4. The average Bonchev–Trinajstić information content (AvgIpc) is 2.82. The number of fused-ring (bicyclic) bond motifs is 1. The van der Waals surface area contributed by atoms with Crippen molar-refractivity contribution < 1.29 is 4.63 Å². The van der Waals surface area contributed by atoms with Crippen LogP contribution in [-0.4, -0.2) is 29.9 Å². The van der Waals surface area contributed by atoms with Crippen molar-refractivity contribution in [2.24, 2.45) is 0 Å². The summed E-state index contributed by atoms with van der Waals surface area (Å²) in [6, 6.07) is 1.75. The van der Waals surface area contributed by atoms with Crippen molar-refractivity contribution in [2.75, 3.05) is 5.73 Å². The minimum Gasteiger partial charge on any atom is -0.379 e. The van der Waals surface area contributed by atoms with Crippen LogP contribution in [0.25, 0.3) is 17.3 Å². The van der Waals surface area contributed by atoms with Crippen LogP contribution in [0, 0.1) is 0 Å². The van der Waals surface area contributed by atoms with Crippen molar-refractivity contribution in [3.05, 3.63) is 18.5 Å². The molecule has 0 aliphatic rings. The van der Waals surface area contributed by atoms with Crippen LogP contribution in [-0.2, 0) is 0 Å². The Labute approximate surface area is 82.7 Å². The highest BCUT2D eigenvalue weighted by molar-refractivity contribution is 5.63. The molecule has 0 aliphatic carbocycles. The van der Waals surface area contributed by atoms with Crippen LogP contribution in [0.3, 0.4) is 0 Å². The van der Waals surface area contributed by atoms with Crippen LogP contribution in [0.15, 0.2) is 23.1 Å². The fourth-order valence-electron chi connectivity index (χ4n) is 1.18. The largest absolute Gasteiger partial charge is 0.379 e. The topological polar surface area (TPSA) is 108 Å². The molecular formula is C7H5N7O. The summed E-state index contributed by atoms with van der Waals surface area (Å²) in [5.41, 5.74) is 5.84. The highest BCUT2D eigenvalue weighted by atomic mass is 16.6. The van der Waals surface area contributed by atoms with E-state index < -0.39 is 0 Å². The molecule has 0 radical (unpaired) electrons. The van der Waals surface area contributed by atoms with Crippen molar-refractivity contribution in [1.29, 1.82) is 0 Å². The Kier molecular flexibility index (Phi) is 1.43. The molecule has 8 heteroatoms. The van der Waals surface area contributed by atoms with Crippen molar-refractivity contribution in [2.45, 2.75) is 0 Å². The molecule has 0 saturated carbocycles. The number of hydrogen-bond donors (Lipinski definition) is 1. The summed E-state index contributed by atoms with van der Waals surface area (Å²) in [4.78, 5) is 8.13. The Morgan fingerprint density at radius 2 is 2.27 bits per heavy atom. The normalized spacial score (nSPS) is 10.9. The fourth-order valence-corrected chi connectivity index (χ4v) is 1.18. The number of aromatic nitrogens is 6. The van der Waals surface area contributed by atoms with Gasteiger partial charge in [0.1, 0.15) is 0 Å². The van der Waals surface area contributed by atoms with E-state index in [4.69, 9.17) is 5.73 Å². The first kappa shape index (κ1) is 7.85. The van der Waals surface area contributed by atoms with E-state index >= 15 is 0 Å². The van der Waals surface area contributed by atoms with Crippen molar-refractivity contribution in [3.8, 4) is 11.5 Å². The van der Waals surface area contributed by atoms with Gasteiger partial charge in [-0.15, -0.1) is 5.10 Å². The van der Waals surface area contributed by atoms with E-state index in [1.165, 1.54) is 4.52 Å². The number of rotatable bonds is 1. The molecule has 3 aromatic heterocycles. The second-order valence-electron chi connectivity index (χ2n) is 2.80. The van der Waals surface area contributed by atoms with E-state index in [1.807, 2.05) is 0 Å². The summed E-state index contributed by atoms with van der Waals surface area (Å²) >= 11 is 0. The zero-order chi connectivity index (χ0) is 10.3. The van der Waals surface area contributed by atoms with Gasteiger partial charge >= 0.3 is 0 Å². The monoisotopic (exact) mass is 203 g/mol. The van der Waals surface area contributed by atoms with Crippen LogP contribution in [0.1, 0.15) is 0 Å². The Hall–Kier alpha value is -2.51. The first-order valence-electron chi connectivity index (χ1n) is 4.10. The van der Waals surface area contributed by atoms with Crippen molar-refractivity contribution in [3.63, 3.8) is 0 Å². The summed E-state index contributed by atoms with van der Waals surface area (Å²) in [6.45, 7) is 0. The van der Waals surface area contributed by atoms with Crippen LogP contribution in [0.2, 0.25) is 0 Å². The SMILES string of the molecule is Nc1nonc1-c1nc2ncccn2n1. The van der Waals surface area contributed by atoms with E-state index in [2.05, 4.69) is 30.0 Å². The Morgan fingerprint density at radius 1 is 1.33 bits per heavy atom. The molecule has 2 N–H and O–H groups in total. The standard InChI is InChI=1S/C7H5N7O/c8-5-4(12-15-13-5)6-10-7-9-2-1-3-14(7)11-6/h1-3H,(H2,8,13). The Morgan fingerprint density at radius 3 is 3.00 bits per heavy atom. The molecule has 8 nitrogen and oxygen atoms in total. The van der Waals surface area contributed by atoms with Crippen LogP contribution in [0.4, 0.5) is 5.82 Å². The third kappa shape index (κ3) is 1.11. The maximum atomic E-state index is 5.52. The molecule has 74 valence electrons. The molecule has 0 spiro atoms. The molecule has 0 aromatic carbocycles. The fraction of sp³-hybridized carbons (Fsp3) is 0. The van der Waals surface area contributed by atoms with Gasteiger partial charge in [-0.2, -0.15) is 4.98 Å². The van der Waals surface area contributed by atoms with Gasteiger partial charge in [0.05, 0.1) is 0 Å². The second kappa shape index (κ2) is 2.74. The number of nitrogens with zero attached hydrogens (tertiary/aromatic N) is 6. The van der Waals surface area contributed by atoms with Gasteiger partial charge in [0.15, 0.2) is 11.5 Å². The third-order valence-electron chi connectivity index (χ3n) is 1.84. The first-order valence-corrected chi connectivity index (χ1v) is 4.10. The zero-order valence-corrected chi connectivity index (χ0v) is 7.40. The lowest BCUT2D eigenvalue weighted by Gasteiger charge is -1.84. The third-order valence-corrected chi connectivity index (χ3v) is 1.84. The molecule has 0 fully saturated rings. The van der Waals surface area contributed by atoms with Gasteiger partial charge in [-0.3, -0.25) is 0 Å². The van der Waals surface area contributed by atoms with Gasteiger partial charge in [-0.05, 0) is 16.4 Å². The van der Waals surface area contributed by atoms with Gasteiger partial charge in [0, 0.05) is 12.4 Å². The Bertz CT molecular complexity index is 579. The maximum absolute atomic E-state index is 5.52. The Balaban J connectivity index is 2.24. The van der Waals surface area contributed by atoms with Gasteiger partial charge in [0.2, 0.25) is 5.82 Å². The van der Waals surface area contributed by atoms with E-state index in [1.54, 1.807) is 18.5 Å². The molecule has 0 saturated heterocycles. The highest BCUT2D eigenvalue weighted by Crippen LogP contribution is 2.17. The summed E-state index contributed by atoms with van der Waals surface area (Å²) < 4.78 is 5.98. The van der Waals surface area contributed by atoms with Gasteiger partial charge < -0.3 is 5.73 Å². The summed E-state index contributed by atoms with van der Waals surface area (Å²) in [5, 5.41) is 11.2. The first-order chi connectivity index (χ1) is 7.34. The molecule has 3 heterocycles. The lowest BCUT2D eigenvalue weighted by Crippen LogP contribution is -1.90. The van der Waals surface area contributed by atoms with E-state index in [0.29, 0.717) is 17.3 Å². The molecule has 3 aromatic rings.